The first-order valence-electron chi connectivity index (χ1n) is 6.07. The number of hydrogen-bond donors (Lipinski definition) is 1. The fourth-order valence-corrected chi connectivity index (χ4v) is 1.91. The summed E-state index contributed by atoms with van der Waals surface area (Å²) in [6, 6.07) is 4.58. The van der Waals surface area contributed by atoms with Crippen molar-refractivity contribution in [1.82, 2.24) is 0 Å². The highest BCUT2D eigenvalue weighted by molar-refractivity contribution is 5.32. The lowest BCUT2D eigenvalue weighted by molar-refractivity contribution is 0.0413. The first-order chi connectivity index (χ1) is 8.01. The van der Waals surface area contributed by atoms with E-state index in [1.165, 1.54) is 13.2 Å². The van der Waals surface area contributed by atoms with Gasteiger partial charge in [-0.05, 0) is 25.5 Å². The number of unbranched alkanes of at least 4 members (excludes halogenated alkanes) is 2. The molecule has 0 aromatic heterocycles. The quantitative estimate of drug-likeness (QED) is 0.769. The molecule has 17 heavy (non-hydrogen) atoms. The van der Waals surface area contributed by atoms with Crippen molar-refractivity contribution in [2.45, 2.75) is 45.1 Å². The topological polar surface area (TPSA) is 29.5 Å². The van der Waals surface area contributed by atoms with Crippen LogP contribution < -0.4 is 4.74 Å². The van der Waals surface area contributed by atoms with Crippen molar-refractivity contribution < 1.29 is 14.2 Å². The van der Waals surface area contributed by atoms with Crippen LogP contribution in [0.1, 0.15) is 45.1 Å². The largest absolute Gasteiger partial charge is 0.497 e. The molecule has 96 valence electrons. The third-order valence-corrected chi connectivity index (χ3v) is 3.02. The summed E-state index contributed by atoms with van der Waals surface area (Å²) < 4.78 is 18.7. The van der Waals surface area contributed by atoms with Crippen molar-refractivity contribution in [3.8, 4) is 5.75 Å². The van der Waals surface area contributed by atoms with Gasteiger partial charge in [-0.3, -0.25) is 0 Å². The normalized spacial score (nSPS) is 14.4. The average Bonchev–Trinajstić information content (AvgIpc) is 2.28. The molecule has 1 aromatic rings. The van der Waals surface area contributed by atoms with Crippen molar-refractivity contribution in [3.05, 3.63) is 29.6 Å². The molecule has 0 bridgehead atoms. The maximum absolute atomic E-state index is 13.8. The summed E-state index contributed by atoms with van der Waals surface area (Å²) in [7, 11) is 1.49. The summed E-state index contributed by atoms with van der Waals surface area (Å²) in [6.45, 7) is 3.76. The predicted molar refractivity (Wildman–Crippen MR) is 66.7 cm³/mol. The lowest BCUT2D eigenvalue weighted by Crippen LogP contribution is -2.22. The van der Waals surface area contributed by atoms with E-state index < -0.39 is 11.4 Å². The smallest absolute Gasteiger partial charge is 0.132 e. The Balaban J connectivity index is 2.82. The highest BCUT2D eigenvalue weighted by Gasteiger charge is 2.26. The standard InChI is InChI=1S/C14H21FO2/c1-4-5-6-9-14(2,16)12-8-7-11(17-3)10-13(12)15/h7-8,10,16H,4-6,9H2,1-3H3. The zero-order chi connectivity index (χ0) is 12.9. The molecule has 1 aromatic carbocycles. The second-order valence-corrected chi connectivity index (χ2v) is 4.58. The van der Waals surface area contributed by atoms with E-state index in [2.05, 4.69) is 6.92 Å². The number of benzene rings is 1. The molecule has 1 unspecified atom stereocenters. The highest BCUT2D eigenvalue weighted by Crippen LogP contribution is 2.30. The van der Waals surface area contributed by atoms with Gasteiger partial charge in [0, 0.05) is 11.6 Å². The first-order valence-corrected chi connectivity index (χ1v) is 6.07. The van der Waals surface area contributed by atoms with Crippen molar-refractivity contribution in [2.75, 3.05) is 7.11 Å². The Morgan fingerprint density at radius 1 is 1.35 bits per heavy atom. The summed E-state index contributed by atoms with van der Waals surface area (Å²) in [5.74, 6) is 0.0569. The Morgan fingerprint density at radius 2 is 2.06 bits per heavy atom. The van der Waals surface area contributed by atoms with Crippen LogP contribution in [0, 0.1) is 5.82 Å². The maximum atomic E-state index is 13.8. The van der Waals surface area contributed by atoms with E-state index in [1.807, 2.05) is 0 Å². The molecule has 0 saturated heterocycles. The Kier molecular flexibility index (Phi) is 4.94. The number of ether oxygens (including phenoxy) is 1. The molecule has 0 aliphatic heterocycles. The lowest BCUT2D eigenvalue weighted by Gasteiger charge is -2.24. The number of halogens is 1. The molecular weight excluding hydrogens is 219 g/mol. The van der Waals surface area contributed by atoms with Crippen molar-refractivity contribution >= 4 is 0 Å². The van der Waals surface area contributed by atoms with Crippen LogP contribution in [0.15, 0.2) is 18.2 Å². The van der Waals surface area contributed by atoms with E-state index in [9.17, 15) is 9.50 Å². The Labute approximate surface area is 102 Å². The van der Waals surface area contributed by atoms with E-state index in [0.29, 0.717) is 17.7 Å². The van der Waals surface area contributed by atoms with Gasteiger partial charge in [0.15, 0.2) is 0 Å². The summed E-state index contributed by atoms with van der Waals surface area (Å²) >= 11 is 0. The zero-order valence-corrected chi connectivity index (χ0v) is 10.8. The molecular formula is C14H21FO2. The monoisotopic (exact) mass is 240 g/mol. The van der Waals surface area contributed by atoms with Gasteiger partial charge in [-0.15, -0.1) is 0 Å². The fraction of sp³-hybridized carbons (Fsp3) is 0.571. The van der Waals surface area contributed by atoms with E-state index in [-0.39, 0.29) is 0 Å². The molecule has 0 spiro atoms. The van der Waals surface area contributed by atoms with Gasteiger partial charge in [0.1, 0.15) is 11.6 Å². The van der Waals surface area contributed by atoms with Crippen molar-refractivity contribution in [1.29, 1.82) is 0 Å². The van der Waals surface area contributed by atoms with Gasteiger partial charge < -0.3 is 9.84 Å². The van der Waals surface area contributed by atoms with Gasteiger partial charge in [0.2, 0.25) is 0 Å². The minimum Gasteiger partial charge on any atom is -0.497 e. The molecule has 0 amide bonds. The minimum atomic E-state index is -1.11. The SMILES string of the molecule is CCCCCC(C)(O)c1ccc(OC)cc1F. The maximum Gasteiger partial charge on any atom is 0.132 e. The van der Waals surface area contributed by atoms with Crippen molar-refractivity contribution in [2.24, 2.45) is 0 Å². The molecule has 1 N–H and O–H groups in total. The van der Waals surface area contributed by atoms with Gasteiger partial charge in [0.25, 0.3) is 0 Å². The summed E-state index contributed by atoms with van der Waals surface area (Å²) in [5, 5.41) is 10.3. The van der Waals surface area contributed by atoms with Crippen LogP contribution in [0.4, 0.5) is 4.39 Å². The molecule has 0 radical (unpaired) electrons. The number of aliphatic hydroxyl groups is 1. The van der Waals surface area contributed by atoms with Crippen LogP contribution >= 0.6 is 0 Å². The second-order valence-electron chi connectivity index (χ2n) is 4.58. The van der Waals surface area contributed by atoms with E-state index in [1.54, 1.807) is 19.1 Å². The summed E-state index contributed by atoms with van der Waals surface area (Å²) in [4.78, 5) is 0. The second kappa shape index (κ2) is 6.01. The van der Waals surface area contributed by atoms with E-state index >= 15 is 0 Å². The molecule has 0 fully saturated rings. The van der Waals surface area contributed by atoms with Crippen LogP contribution in [0.5, 0.6) is 5.75 Å². The number of hydrogen-bond acceptors (Lipinski definition) is 2. The number of methoxy groups -OCH3 is 1. The Morgan fingerprint density at radius 3 is 2.59 bits per heavy atom. The van der Waals surface area contributed by atoms with E-state index in [0.717, 1.165) is 19.3 Å². The molecule has 3 heteroatoms. The molecule has 0 saturated carbocycles. The molecule has 1 atom stereocenters. The van der Waals surface area contributed by atoms with Gasteiger partial charge in [-0.2, -0.15) is 0 Å². The van der Waals surface area contributed by atoms with E-state index in [4.69, 9.17) is 4.74 Å². The fourth-order valence-electron chi connectivity index (χ4n) is 1.91. The molecule has 0 heterocycles. The van der Waals surface area contributed by atoms with Gasteiger partial charge in [0.05, 0.1) is 12.7 Å². The highest BCUT2D eigenvalue weighted by atomic mass is 19.1. The zero-order valence-electron chi connectivity index (χ0n) is 10.8. The van der Waals surface area contributed by atoms with Crippen LogP contribution in [0.2, 0.25) is 0 Å². The summed E-state index contributed by atoms with van der Waals surface area (Å²) in [6.07, 6.45) is 3.61. The van der Waals surface area contributed by atoms with Crippen molar-refractivity contribution in [3.63, 3.8) is 0 Å². The number of rotatable bonds is 6. The van der Waals surface area contributed by atoms with Crippen LogP contribution in [0.25, 0.3) is 0 Å². The van der Waals surface area contributed by atoms with Crippen LogP contribution in [-0.2, 0) is 5.60 Å². The predicted octanol–water partition coefficient (Wildman–Crippen LogP) is 3.62. The summed E-state index contributed by atoms with van der Waals surface area (Å²) in [5.41, 5.74) is -0.764. The lowest BCUT2D eigenvalue weighted by atomic mass is 9.90. The van der Waals surface area contributed by atoms with Crippen LogP contribution in [-0.4, -0.2) is 12.2 Å². The Bertz CT molecular complexity index is 361. The first kappa shape index (κ1) is 14.0. The van der Waals surface area contributed by atoms with Gasteiger partial charge in [-0.25, -0.2) is 4.39 Å². The van der Waals surface area contributed by atoms with Gasteiger partial charge in [-0.1, -0.05) is 26.2 Å². The Hall–Kier alpha value is -1.09. The van der Waals surface area contributed by atoms with Gasteiger partial charge >= 0.3 is 0 Å². The average molecular weight is 240 g/mol. The van der Waals surface area contributed by atoms with Crippen LogP contribution in [0.3, 0.4) is 0 Å². The molecule has 1 rings (SSSR count). The third kappa shape index (κ3) is 3.70. The molecule has 0 aliphatic rings. The minimum absolute atomic E-state index is 0.342. The molecule has 0 aliphatic carbocycles. The third-order valence-electron chi connectivity index (χ3n) is 3.02. The molecule has 2 nitrogen and oxygen atoms in total.